The Labute approximate surface area is 118 Å². The molecular formula is C14H20N6. The first-order chi connectivity index (χ1) is 9.79. The monoisotopic (exact) mass is 272 g/mol. The first-order valence-electron chi connectivity index (χ1n) is 7.45. The molecule has 2 aliphatic rings. The number of nitrogens with zero attached hydrogens (tertiary/aromatic N) is 5. The molecule has 2 fully saturated rings. The molecular weight excluding hydrogens is 252 g/mol. The molecule has 0 aromatic carbocycles. The fourth-order valence-corrected chi connectivity index (χ4v) is 2.89. The van der Waals surface area contributed by atoms with Crippen LogP contribution in [0.3, 0.4) is 0 Å². The first-order valence-corrected chi connectivity index (χ1v) is 7.45. The highest BCUT2D eigenvalue weighted by Crippen LogP contribution is 2.32. The Bertz CT molecular complexity index is 598. The second-order valence-electron chi connectivity index (χ2n) is 6.13. The van der Waals surface area contributed by atoms with Crippen LogP contribution in [0.15, 0.2) is 18.5 Å². The number of rotatable bonds is 5. The van der Waals surface area contributed by atoms with Gasteiger partial charge < -0.3 is 10.2 Å². The SMILES string of the molecule is CC(NCC1CN(c2ccc3nncn3n2)C1)C1CC1. The summed E-state index contributed by atoms with van der Waals surface area (Å²) in [5, 5.41) is 16.0. The summed E-state index contributed by atoms with van der Waals surface area (Å²) < 4.78 is 1.73. The van der Waals surface area contributed by atoms with Crippen molar-refractivity contribution in [3.05, 3.63) is 18.5 Å². The molecule has 1 unspecified atom stereocenters. The minimum Gasteiger partial charge on any atom is -0.354 e. The van der Waals surface area contributed by atoms with Gasteiger partial charge >= 0.3 is 0 Å². The maximum Gasteiger partial charge on any atom is 0.177 e. The van der Waals surface area contributed by atoms with Gasteiger partial charge in [0.25, 0.3) is 0 Å². The lowest BCUT2D eigenvalue weighted by atomic mass is 9.99. The summed E-state index contributed by atoms with van der Waals surface area (Å²) >= 11 is 0. The van der Waals surface area contributed by atoms with Crippen molar-refractivity contribution in [1.82, 2.24) is 25.1 Å². The molecule has 4 rings (SSSR count). The quantitative estimate of drug-likeness (QED) is 0.878. The van der Waals surface area contributed by atoms with E-state index in [0.29, 0.717) is 6.04 Å². The van der Waals surface area contributed by atoms with Crippen LogP contribution in [-0.4, -0.2) is 45.5 Å². The zero-order valence-corrected chi connectivity index (χ0v) is 11.7. The second-order valence-corrected chi connectivity index (χ2v) is 6.13. The molecule has 1 N–H and O–H groups in total. The van der Waals surface area contributed by atoms with E-state index in [1.54, 1.807) is 10.8 Å². The molecule has 2 aromatic rings. The lowest BCUT2D eigenvalue weighted by Crippen LogP contribution is -2.52. The number of hydrogen-bond acceptors (Lipinski definition) is 5. The van der Waals surface area contributed by atoms with Gasteiger partial charge in [0, 0.05) is 31.6 Å². The maximum atomic E-state index is 4.52. The van der Waals surface area contributed by atoms with E-state index in [-0.39, 0.29) is 0 Å². The Hall–Kier alpha value is -1.69. The molecule has 2 aromatic heterocycles. The molecule has 6 heteroatoms. The summed E-state index contributed by atoms with van der Waals surface area (Å²) in [6.07, 6.45) is 4.47. The van der Waals surface area contributed by atoms with Crippen molar-refractivity contribution < 1.29 is 0 Å². The van der Waals surface area contributed by atoms with Crippen molar-refractivity contribution in [2.24, 2.45) is 11.8 Å². The van der Waals surface area contributed by atoms with Gasteiger partial charge in [-0.2, -0.15) is 4.52 Å². The summed E-state index contributed by atoms with van der Waals surface area (Å²) in [6.45, 7) is 5.62. The third-order valence-corrected chi connectivity index (χ3v) is 4.49. The minimum atomic E-state index is 0.690. The van der Waals surface area contributed by atoms with Crippen molar-refractivity contribution in [1.29, 1.82) is 0 Å². The normalized spacial score (nSPS) is 21.1. The van der Waals surface area contributed by atoms with Crippen LogP contribution in [0.25, 0.3) is 5.65 Å². The zero-order valence-electron chi connectivity index (χ0n) is 11.7. The number of fused-ring (bicyclic) bond motifs is 1. The number of anilines is 1. The van der Waals surface area contributed by atoms with Gasteiger partial charge in [0.1, 0.15) is 12.1 Å². The Morgan fingerprint density at radius 3 is 3.00 bits per heavy atom. The molecule has 1 saturated carbocycles. The molecule has 1 aliphatic heterocycles. The Morgan fingerprint density at radius 1 is 1.35 bits per heavy atom. The van der Waals surface area contributed by atoms with E-state index in [2.05, 4.69) is 32.4 Å². The van der Waals surface area contributed by atoms with Gasteiger partial charge in [0.2, 0.25) is 0 Å². The van der Waals surface area contributed by atoms with E-state index in [9.17, 15) is 0 Å². The fraction of sp³-hybridized carbons (Fsp3) is 0.643. The third kappa shape index (κ3) is 2.24. The largest absolute Gasteiger partial charge is 0.354 e. The Kier molecular flexibility index (Phi) is 2.84. The highest BCUT2D eigenvalue weighted by atomic mass is 15.4. The Balaban J connectivity index is 1.31. The molecule has 0 spiro atoms. The maximum absolute atomic E-state index is 4.52. The minimum absolute atomic E-state index is 0.690. The van der Waals surface area contributed by atoms with E-state index in [0.717, 1.165) is 42.9 Å². The molecule has 3 heterocycles. The van der Waals surface area contributed by atoms with E-state index >= 15 is 0 Å². The van der Waals surface area contributed by atoms with Crippen LogP contribution in [0, 0.1) is 11.8 Å². The number of hydrogen-bond donors (Lipinski definition) is 1. The highest BCUT2D eigenvalue weighted by molar-refractivity contribution is 5.46. The molecule has 0 bridgehead atoms. The van der Waals surface area contributed by atoms with Crippen molar-refractivity contribution in [2.45, 2.75) is 25.8 Å². The molecule has 1 saturated heterocycles. The summed E-state index contributed by atoms with van der Waals surface area (Å²) in [4.78, 5) is 2.31. The van der Waals surface area contributed by atoms with E-state index in [1.165, 1.54) is 12.8 Å². The summed E-state index contributed by atoms with van der Waals surface area (Å²) in [7, 11) is 0. The fourth-order valence-electron chi connectivity index (χ4n) is 2.89. The number of nitrogens with one attached hydrogen (secondary N) is 1. The highest BCUT2D eigenvalue weighted by Gasteiger charge is 2.31. The molecule has 1 atom stereocenters. The molecule has 106 valence electrons. The third-order valence-electron chi connectivity index (χ3n) is 4.49. The predicted octanol–water partition coefficient (Wildman–Crippen LogP) is 0.949. The summed E-state index contributed by atoms with van der Waals surface area (Å²) in [6, 6.07) is 4.69. The summed E-state index contributed by atoms with van der Waals surface area (Å²) in [5.41, 5.74) is 0.797. The van der Waals surface area contributed by atoms with E-state index in [4.69, 9.17) is 0 Å². The molecule has 20 heavy (non-hydrogen) atoms. The second kappa shape index (κ2) is 4.70. The van der Waals surface area contributed by atoms with Gasteiger partial charge in [0.15, 0.2) is 5.65 Å². The number of aromatic nitrogens is 4. The molecule has 1 aliphatic carbocycles. The van der Waals surface area contributed by atoms with Crippen LogP contribution in [0.1, 0.15) is 19.8 Å². The van der Waals surface area contributed by atoms with E-state index < -0.39 is 0 Å². The van der Waals surface area contributed by atoms with Crippen molar-refractivity contribution >= 4 is 11.5 Å². The van der Waals surface area contributed by atoms with Crippen LogP contribution in [-0.2, 0) is 0 Å². The molecule has 0 amide bonds. The van der Waals surface area contributed by atoms with Gasteiger partial charge in [0.05, 0.1) is 0 Å². The zero-order chi connectivity index (χ0) is 13.5. The van der Waals surface area contributed by atoms with Crippen LogP contribution in [0.4, 0.5) is 5.82 Å². The van der Waals surface area contributed by atoms with E-state index in [1.807, 2.05) is 12.1 Å². The molecule has 6 nitrogen and oxygen atoms in total. The average Bonchev–Trinajstić information content (AvgIpc) is 3.15. The first kappa shape index (κ1) is 12.1. The van der Waals surface area contributed by atoms with Gasteiger partial charge in [-0.05, 0) is 37.8 Å². The standard InChI is InChI=1S/C14H20N6/c1-10(12-2-3-12)15-6-11-7-19(8-11)14-5-4-13-17-16-9-20(13)18-14/h4-5,9-12,15H,2-3,6-8H2,1H3. The van der Waals surface area contributed by atoms with Crippen molar-refractivity contribution in [3.8, 4) is 0 Å². The van der Waals surface area contributed by atoms with Gasteiger partial charge in [-0.3, -0.25) is 0 Å². The smallest absolute Gasteiger partial charge is 0.177 e. The summed E-state index contributed by atoms with van der Waals surface area (Å²) in [5.74, 6) is 2.70. The van der Waals surface area contributed by atoms with Crippen LogP contribution < -0.4 is 10.2 Å². The van der Waals surface area contributed by atoms with Crippen molar-refractivity contribution in [2.75, 3.05) is 24.5 Å². The van der Waals surface area contributed by atoms with Gasteiger partial charge in [-0.25, -0.2) is 0 Å². The lowest BCUT2D eigenvalue weighted by Gasteiger charge is -2.40. The predicted molar refractivity (Wildman–Crippen MR) is 76.7 cm³/mol. The van der Waals surface area contributed by atoms with Gasteiger partial charge in [-0.15, -0.1) is 15.3 Å². The topological polar surface area (TPSA) is 58.3 Å². The van der Waals surface area contributed by atoms with Gasteiger partial charge in [-0.1, -0.05) is 0 Å². The Morgan fingerprint density at radius 2 is 2.20 bits per heavy atom. The van der Waals surface area contributed by atoms with Crippen LogP contribution >= 0.6 is 0 Å². The van der Waals surface area contributed by atoms with Crippen LogP contribution in [0.2, 0.25) is 0 Å². The van der Waals surface area contributed by atoms with Crippen molar-refractivity contribution in [3.63, 3.8) is 0 Å². The molecule has 0 radical (unpaired) electrons. The lowest BCUT2D eigenvalue weighted by molar-refractivity contribution is 0.354. The average molecular weight is 272 g/mol. The van der Waals surface area contributed by atoms with Crippen LogP contribution in [0.5, 0.6) is 0 Å².